The maximum Gasteiger partial charge on any atom is 0.247 e. The molecule has 132 valence electrons. The third-order valence-electron chi connectivity index (χ3n) is 4.56. The van der Waals surface area contributed by atoms with Crippen LogP contribution in [0.15, 0.2) is 40.3 Å². The normalized spacial score (nSPS) is 14.2. The van der Waals surface area contributed by atoms with Gasteiger partial charge >= 0.3 is 0 Å². The van der Waals surface area contributed by atoms with Crippen molar-refractivity contribution in [1.29, 1.82) is 0 Å². The molecule has 1 heterocycles. The molecule has 1 aliphatic rings. The monoisotopic (exact) mass is 339 g/mol. The second kappa shape index (κ2) is 8.60. The lowest BCUT2D eigenvalue weighted by Crippen LogP contribution is -2.25. The zero-order chi connectivity index (χ0) is 17.5. The number of hydrogen-bond donors (Lipinski definition) is 1. The highest BCUT2D eigenvalue weighted by Gasteiger charge is 2.12. The minimum absolute atomic E-state index is 0.0343. The van der Waals surface area contributed by atoms with Crippen molar-refractivity contribution in [2.75, 3.05) is 6.54 Å². The minimum Gasteiger partial charge on any atom is -0.421 e. The first-order valence-electron chi connectivity index (χ1n) is 9.05. The standard InChI is InChI=1S/C20H25N3O2/c1-15-7-5-6-10-17(15)20-23-22-19(25-20)12-11-18(24)21-14-13-16-8-3-2-4-9-16/h5-8,10H,2-4,9,11-14H2,1H3,(H,21,24). The smallest absolute Gasteiger partial charge is 0.247 e. The van der Waals surface area contributed by atoms with E-state index in [0.717, 1.165) is 17.5 Å². The predicted molar refractivity (Wildman–Crippen MR) is 97.0 cm³/mol. The predicted octanol–water partition coefficient (Wildman–Crippen LogP) is 3.98. The van der Waals surface area contributed by atoms with Crippen LogP contribution in [0.3, 0.4) is 0 Å². The van der Waals surface area contributed by atoms with Crippen molar-refractivity contribution in [2.24, 2.45) is 0 Å². The van der Waals surface area contributed by atoms with Gasteiger partial charge in [0.05, 0.1) is 0 Å². The highest BCUT2D eigenvalue weighted by molar-refractivity contribution is 5.76. The summed E-state index contributed by atoms with van der Waals surface area (Å²) < 4.78 is 5.69. The summed E-state index contributed by atoms with van der Waals surface area (Å²) in [5, 5.41) is 11.1. The van der Waals surface area contributed by atoms with Crippen LogP contribution in [0.4, 0.5) is 0 Å². The molecule has 0 fully saturated rings. The number of carbonyl (C=O) groups is 1. The van der Waals surface area contributed by atoms with Gasteiger partial charge in [-0.1, -0.05) is 29.8 Å². The lowest BCUT2D eigenvalue weighted by atomic mass is 9.97. The maximum atomic E-state index is 12.0. The van der Waals surface area contributed by atoms with Crippen LogP contribution in [0.2, 0.25) is 0 Å². The summed E-state index contributed by atoms with van der Waals surface area (Å²) in [7, 11) is 0. The van der Waals surface area contributed by atoms with E-state index in [2.05, 4.69) is 21.6 Å². The summed E-state index contributed by atoms with van der Waals surface area (Å²) in [5.41, 5.74) is 3.50. The molecule has 1 aromatic heterocycles. The Morgan fingerprint density at radius 2 is 2.08 bits per heavy atom. The van der Waals surface area contributed by atoms with Crippen LogP contribution < -0.4 is 5.32 Å². The molecule has 1 aliphatic carbocycles. The third-order valence-corrected chi connectivity index (χ3v) is 4.56. The van der Waals surface area contributed by atoms with E-state index in [1.807, 2.05) is 31.2 Å². The van der Waals surface area contributed by atoms with Crippen LogP contribution in [0, 0.1) is 6.92 Å². The van der Waals surface area contributed by atoms with Gasteiger partial charge in [-0.15, -0.1) is 10.2 Å². The molecular formula is C20H25N3O2. The number of aromatic nitrogens is 2. The Morgan fingerprint density at radius 3 is 2.88 bits per heavy atom. The Labute approximate surface area is 148 Å². The number of allylic oxidation sites excluding steroid dienone is 1. The summed E-state index contributed by atoms with van der Waals surface area (Å²) in [6.07, 6.45) is 9.06. The van der Waals surface area contributed by atoms with Gasteiger partial charge in [0.25, 0.3) is 0 Å². The molecule has 0 unspecified atom stereocenters. The molecule has 2 aromatic rings. The number of amides is 1. The third kappa shape index (κ3) is 5.02. The number of hydrogen-bond acceptors (Lipinski definition) is 4. The molecule has 0 aliphatic heterocycles. The fourth-order valence-corrected chi connectivity index (χ4v) is 3.08. The zero-order valence-electron chi connectivity index (χ0n) is 14.8. The van der Waals surface area contributed by atoms with Crippen LogP contribution in [0.5, 0.6) is 0 Å². The first-order chi connectivity index (χ1) is 12.2. The number of nitrogens with one attached hydrogen (secondary N) is 1. The van der Waals surface area contributed by atoms with Crippen LogP contribution in [-0.4, -0.2) is 22.6 Å². The van der Waals surface area contributed by atoms with Crippen molar-refractivity contribution in [3.05, 3.63) is 47.4 Å². The van der Waals surface area contributed by atoms with Crippen LogP contribution in [0.1, 0.15) is 50.0 Å². The number of rotatable bonds is 7. The van der Waals surface area contributed by atoms with Crippen molar-refractivity contribution in [2.45, 2.75) is 51.9 Å². The molecular weight excluding hydrogens is 314 g/mol. The first-order valence-corrected chi connectivity index (χ1v) is 9.05. The van der Waals surface area contributed by atoms with E-state index in [-0.39, 0.29) is 5.91 Å². The van der Waals surface area contributed by atoms with Gasteiger partial charge in [0.1, 0.15) is 0 Å². The number of aryl methyl sites for hydroxylation is 2. The lowest BCUT2D eigenvalue weighted by Gasteiger charge is -2.12. The zero-order valence-corrected chi connectivity index (χ0v) is 14.8. The van der Waals surface area contributed by atoms with Crippen molar-refractivity contribution < 1.29 is 9.21 Å². The summed E-state index contributed by atoms with van der Waals surface area (Å²) in [5.74, 6) is 1.05. The average Bonchev–Trinajstić information content (AvgIpc) is 3.10. The van der Waals surface area contributed by atoms with Gasteiger partial charge in [0.2, 0.25) is 17.7 Å². The van der Waals surface area contributed by atoms with E-state index >= 15 is 0 Å². The Balaban J connectivity index is 1.43. The maximum absolute atomic E-state index is 12.0. The van der Waals surface area contributed by atoms with Gasteiger partial charge < -0.3 is 9.73 Å². The van der Waals surface area contributed by atoms with Gasteiger partial charge in [0, 0.05) is 24.9 Å². The molecule has 0 saturated carbocycles. The number of nitrogens with zero attached hydrogens (tertiary/aromatic N) is 2. The topological polar surface area (TPSA) is 68.0 Å². The molecule has 0 saturated heterocycles. The lowest BCUT2D eigenvalue weighted by molar-refractivity contribution is -0.121. The van der Waals surface area contributed by atoms with E-state index in [9.17, 15) is 4.79 Å². The van der Waals surface area contributed by atoms with Gasteiger partial charge in [-0.05, 0) is 50.7 Å². The molecule has 0 bridgehead atoms. The summed E-state index contributed by atoms with van der Waals surface area (Å²) in [4.78, 5) is 12.0. The summed E-state index contributed by atoms with van der Waals surface area (Å²) >= 11 is 0. The number of benzene rings is 1. The van der Waals surface area contributed by atoms with Crippen molar-refractivity contribution in [1.82, 2.24) is 15.5 Å². The molecule has 1 N–H and O–H groups in total. The highest BCUT2D eigenvalue weighted by atomic mass is 16.4. The van der Waals surface area contributed by atoms with Gasteiger partial charge in [-0.25, -0.2) is 0 Å². The highest BCUT2D eigenvalue weighted by Crippen LogP contribution is 2.22. The largest absolute Gasteiger partial charge is 0.421 e. The fraction of sp³-hybridized carbons (Fsp3) is 0.450. The second-order valence-electron chi connectivity index (χ2n) is 6.52. The Morgan fingerprint density at radius 1 is 1.20 bits per heavy atom. The van der Waals surface area contributed by atoms with Crippen molar-refractivity contribution >= 4 is 5.91 Å². The second-order valence-corrected chi connectivity index (χ2v) is 6.52. The molecule has 0 atom stereocenters. The van der Waals surface area contributed by atoms with Crippen molar-refractivity contribution in [3.63, 3.8) is 0 Å². The molecule has 3 rings (SSSR count). The summed E-state index contributed by atoms with van der Waals surface area (Å²) in [6, 6.07) is 7.89. The molecule has 0 radical (unpaired) electrons. The fourth-order valence-electron chi connectivity index (χ4n) is 3.08. The molecule has 5 nitrogen and oxygen atoms in total. The minimum atomic E-state index is 0.0343. The van der Waals surface area contributed by atoms with E-state index in [1.165, 1.54) is 31.3 Å². The molecule has 5 heteroatoms. The van der Waals surface area contributed by atoms with E-state index < -0.39 is 0 Å². The first kappa shape index (κ1) is 17.4. The molecule has 25 heavy (non-hydrogen) atoms. The van der Waals surface area contributed by atoms with Crippen molar-refractivity contribution in [3.8, 4) is 11.5 Å². The van der Waals surface area contributed by atoms with Crippen LogP contribution >= 0.6 is 0 Å². The van der Waals surface area contributed by atoms with Crippen LogP contribution in [0.25, 0.3) is 11.5 Å². The van der Waals surface area contributed by atoms with Gasteiger partial charge in [-0.3, -0.25) is 4.79 Å². The number of carbonyl (C=O) groups excluding carboxylic acids is 1. The van der Waals surface area contributed by atoms with E-state index in [1.54, 1.807) is 0 Å². The average molecular weight is 339 g/mol. The Hall–Kier alpha value is -2.43. The van der Waals surface area contributed by atoms with Gasteiger partial charge in [-0.2, -0.15) is 0 Å². The molecule has 1 aromatic carbocycles. The molecule has 0 spiro atoms. The van der Waals surface area contributed by atoms with E-state index in [0.29, 0.717) is 31.2 Å². The van der Waals surface area contributed by atoms with Crippen LogP contribution in [-0.2, 0) is 11.2 Å². The van der Waals surface area contributed by atoms with E-state index in [4.69, 9.17) is 4.42 Å². The Bertz CT molecular complexity index is 749. The summed E-state index contributed by atoms with van der Waals surface area (Å²) in [6.45, 7) is 2.72. The van der Waals surface area contributed by atoms with Gasteiger partial charge in [0.15, 0.2) is 0 Å². The Kier molecular flexibility index (Phi) is 5.99. The quantitative estimate of drug-likeness (QED) is 0.775. The SMILES string of the molecule is Cc1ccccc1-c1nnc(CCC(=O)NCCC2=CCCCC2)o1. The molecule has 1 amide bonds.